The third-order valence-electron chi connectivity index (χ3n) is 4.81. The first kappa shape index (κ1) is 13.1. The quantitative estimate of drug-likeness (QED) is 0.783. The predicted octanol–water partition coefficient (Wildman–Crippen LogP) is 0.203. The van der Waals surface area contributed by atoms with E-state index in [-0.39, 0.29) is 17.7 Å². The fourth-order valence-electron chi connectivity index (χ4n) is 3.37. The van der Waals surface area contributed by atoms with Crippen molar-refractivity contribution in [2.24, 2.45) is 11.7 Å². The summed E-state index contributed by atoms with van der Waals surface area (Å²) in [4.78, 5) is 27.9. The van der Waals surface area contributed by atoms with Gasteiger partial charge in [-0.15, -0.1) is 0 Å². The summed E-state index contributed by atoms with van der Waals surface area (Å²) in [5, 5.41) is 0. The Balaban J connectivity index is 1.78. The molecule has 0 radical (unpaired) electrons. The van der Waals surface area contributed by atoms with Gasteiger partial charge in [0.15, 0.2) is 0 Å². The Morgan fingerprint density at radius 2 is 1.95 bits per heavy atom. The monoisotopic (exact) mass is 273 g/mol. The van der Waals surface area contributed by atoms with E-state index >= 15 is 0 Å². The Labute approximate surface area is 118 Å². The van der Waals surface area contributed by atoms with Crippen molar-refractivity contribution >= 4 is 11.8 Å². The fourth-order valence-corrected chi connectivity index (χ4v) is 3.37. The van der Waals surface area contributed by atoms with E-state index in [9.17, 15) is 9.59 Å². The Bertz CT molecular complexity index is 559. The maximum atomic E-state index is 12.6. The second kappa shape index (κ2) is 4.31. The lowest BCUT2D eigenvalue weighted by atomic mass is 9.76. The van der Waals surface area contributed by atoms with Gasteiger partial charge >= 0.3 is 0 Å². The van der Waals surface area contributed by atoms with E-state index < -0.39 is 11.6 Å². The van der Waals surface area contributed by atoms with Crippen LogP contribution in [0.25, 0.3) is 0 Å². The van der Waals surface area contributed by atoms with Crippen LogP contribution in [0.4, 0.5) is 0 Å². The highest BCUT2D eigenvalue weighted by molar-refractivity contribution is 6.01. The van der Waals surface area contributed by atoms with E-state index in [1.807, 2.05) is 37.3 Å². The lowest BCUT2D eigenvalue weighted by Crippen LogP contribution is -2.73. The zero-order valence-electron chi connectivity index (χ0n) is 11.7. The van der Waals surface area contributed by atoms with Gasteiger partial charge in [-0.05, 0) is 5.56 Å². The molecule has 2 saturated heterocycles. The highest BCUT2D eigenvalue weighted by Crippen LogP contribution is 2.42. The van der Waals surface area contributed by atoms with Crippen LogP contribution < -0.4 is 5.73 Å². The molecule has 0 saturated carbocycles. The Kier molecular flexibility index (Phi) is 2.83. The highest BCUT2D eigenvalue weighted by Gasteiger charge is 2.65. The smallest absolute Gasteiger partial charge is 0.251 e. The topological polar surface area (TPSA) is 66.6 Å². The van der Waals surface area contributed by atoms with Crippen LogP contribution >= 0.6 is 0 Å². The Morgan fingerprint density at radius 1 is 1.30 bits per heavy atom. The molecule has 3 rings (SSSR count). The summed E-state index contributed by atoms with van der Waals surface area (Å²) in [5.41, 5.74) is 6.28. The molecule has 20 heavy (non-hydrogen) atoms. The molecule has 1 aromatic carbocycles. The van der Waals surface area contributed by atoms with Crippen LogP contribution in [0.5, 0.6) is 0 Å². The van der Waals surface area contributed by atoms with Gasteiger partial charge in [0.25, 0.3) is 5.91 Å². The third kappa shape index (κ3) is 1.53. The fraction of sp³-hybridized carbons (Fsp3) is 0.467. The molecule has 2 aliphatic heterocycles. The maximum Gasteiger partial charge on any atom is 0.251 e. The van der Waals surface area contributed by atoms with E-state index in [4.69, 9.17) is 5.73 Å². The number of rotatable bonds is 2. The van der Waals surface area contributed by atoms with Crippen LogP contribution in [0.1, 0.15) is 12.5 Å². The number of likely N-dealkylation sites (N-methyl/N-ethyl adjacent to an activating group) is 1. The predicted molar refractivity (Wildman–Crippen MR) is 74.5 cm³/mol. The first-order valence-corrected chi connectivity index (χ1v) is 6.85. The summed E-state index contributed by atoms with van der Waals surface area (Å²) in [7, 11) is 1.68. The van der Waals surface area contributed by atoms with Crippen molar-refractivity contribution in [3.05, 3.63) is 35.9 Å². The average Bonchev–Trinajstić information content (AvgIpc) is 2.64. The molecule has 2 heterocycles. The zero-order chi connectivity index (χ0) is 14.5. The number of benzene rings is 1. The minimum atomic E-state index is -0.717. The lowest BCUT2D eigenvalue weighted by molar-refractivity contribution is -0.167. The Morgan fingerprint density at radius 3 is 2.45 bits per heavy atom. The standard InChI is InChI=1S/C15H19N3O2/c1-10-12(16)13(19)17(2)15(10)9-18(14(15)20)8-11-6-4-3-5-7-11/h3-7,10,12H,8-9,16H2,1-2H3. The van der Waals surface area contributed by atoms with Crippen molar-refractivity contribution in [3.8, 4) is 0 Å². The maximum absolute atomic E-state index is 12.6. The van der Waals surface area contributed by atoms with Gasteiger partial charge in [0.2, 0.25) is 5.91 Å². The van der Waals surface area contributed by atoms with Crippen LogP contribution in [0.15, 0.2) is 30.3 Å². The van der Waals surface area contributed by atoms with Crippen molar-refractivity contribution in [3.63, 3.8) is 0 Å². The van der Waals surface area contributed by atoms with E-state index in [1.54, 1.807) is 16.8 Å². The first-order chi connectivity index (χ1) is 9.48. The minimum absolute atomic E-state index is 0.0117. The Hall–Kier alpha value is -1.88. The van der Waals surface area contributed by atoms with E-state index in [0.29, 0.717) is 13.1 Å². The van der Waals surface area contributed by atoms with Gasteiger partial charge in [0.1, 0.15) is 5.54 Å². The second-order valence-corrected chi connectivity index (χ2v) is 5.78. The molecule has 2 amide bonds. The van der Waals surface area contributed by atoms with Crippen LogP contribution in [0.3, 0.4) is 0 Å². The van der Waals surface area contributed by atoms with Crippen molar-refractivity contribution in [1.82, 2.24) is 9.80 Å². The normalized spacial score (nSPS) is 33.0. The molecular weight excluding hydrogens is 254 g/mol. The zero-order valence-corrected chi connectivity index (χ0v) is 11.7. The number of nitrogens with two attached hydrogens (primary N) is 1. The van der Waals surface area contributed by atoms with E-state index in [1.165, 1.54) is 0 Å². The van der Waals surface area contributed by atoms with Gasteiger partial charge in [0.05, 0.1) is 12.6 Å². The molecular formula is C15H19N3O2. The number of amides is 2. The van der Waals surface area contributed by atoms with Crippen molar-refractivity contribution in [2.45, 2.75) is 25.0 Å². The summed E-state index contributed by atoms with van der Waals surface area (Å²) in [6, 6.07) is 9.29. The number of nitrogens with zero attached hydrogens (tertiary/aromatic N) is 2. The molecule has 1 aromatic rings. The molecule has 2 fully saturated rings. The third-order valence-corrected chi connectivity index (χ3v) is 4.81. The number of carbonyl (C=O) groups excluding carboxylic acids is 2. The lowest BCUT2D eigenvalue weighted by Gasteiger charge is -2.52. The number of hydrogen-bond donors (Lipinski definition) is 1. The number of hydrogen-bond acceptors (Lipinski definition) is 3. The average molecular weight is 273 g/mol. The van der Waals surface area contributed by atoms with Gasteiger partial charge in [0, 0.05) is 19.5 Å². The molecule has 2 N–H and O–H groups in total. The molecule has 1 spiro atoms. The first-order valence-electron chi connectivity index (χ1n) is 6.85. The molecule has 3 atom stereocenters. The van der Waals surface area contributed by atoms with Crippen LogP contribution in [-0.2, 0) is 16.1 Å². The number of carbonyl (C=O) groups is 2. The van der Waals surface area contributed by atoms with Gasteiger partial charge in [-0.1, -0.05) is 37.3 Å². The summed E-state index contributed by atoms with van der Waals surface area (Å²) < 4.78 is 0. The van der Waals surface area contributed by atoms with Crippen molar-refractivity contribution in [1.29, 1.82) is 0 Å². The molecule has 0 aliphatic carbocycles. The van der Waals surface area contributed by atoms with Gasteiger partial charge < -0.3 is 15.5 Å². The molecule has 0 aromatic heterocycles. The summed E-state index contributed by atoms with van der Waals surface area (Å²) in [6.45, 7) is 3.05. The largest absolute Gasteiger partial charge is 0.333 e. The van der Waals surface area contributed by atoms with E-state index in [0.717, 1.165) is 5.56 Å². The van der Waals surface area contributed by atoms with E-state index in [2.05, 4.69) is 0 Å². The van der Waals surface area contributed by atoms with Gasteiger partial charge in [-0.3, -0.25) is 9.59 Å². The number of likely N-dealkylation sites (tertiary alicyclic amines) is 2. The van der Waals surface area contributed by atoms with Crippen LogP contribution in [0, 0.1) is 5.92 Å². The van der Waals surface area contributed by atoms with Gasteiger partial charge in [-0.25, -0.2) is 0 Å². The second-order valence-electron chi connectivity index (χ2n) is 5.78. The highest BCUT2D eigenvalue weighted by atomic mass is 16.2. The molecule has 106 valence electrons. The molecule has 5 heteroatoms. The minimum Gasteiger partial charge on any atom is -0.333 e. The molecule has 3 unspecified atom stereocenters. The SMILES string of the molecule is CC1C(N)C(=O)N(C)C12CN(Cc1ccccc1)C2=O. The van der Waals surface area contributed by atoms with Gasteiger partial charge in [-0.2, -0.15) is 0 Å². The summed E-state index contributed by atoms with van der Waals surface area (Å²) in [5.74, 6) is -0.262. The summed E-state index contributed by atoms with van der Waals surface area (Å²) >= 11 is 0. The molecule has 0 bridgehead atoms. The van der Waals surface area contributed by atoms with Crippen molar-refractivity contribution < 1.29 is 9.59 Å². The summed E-state index contributed by atoms with van der Waals surface area (Å²) in [6.07, 6.45) is 0. The molecule has 5 nitrogen and oxygen atoms in total. The van der Waals surface area contributed by atoms with Crippen LogP contribution in [-0.4, -0.2) is 46.8 Å². The van der Waals surface area contributed by atoms with Crippen molar-refractivity contribution in [2.75, 3.05) is 13.6 Å². The number of β-lactam (4-membered cyclic amide) rings is 1. The molecule has 2 aliphatic rings. The van der Waals surface area contributed by atoms with Crippen LogP contribution in [0.2, 0.25) is 0 Å².